The van der Waals surface area contributed by atoms with Crippen molar-refractivity contribution >= 4 is 70.5 Å². The first-order valence-corrected chi connectivity index (χ1v) is 18.1. The average Bonchev–Trinajstić information content (AvgIpc) is 3.77. The molecule has 0 aliphatic heterocycles. The van der Waals surface area contributed by atoms with Crippen LogP contribution in [-0.4, -0.2) is 0 Å². The molecule has 0 N–H and O–H groups in total. The quantitative estimate of drug-likeness (QED) is 0.175. The van der Waals surface area contributed by atoms with Gasteiger partial charge in [0, 0.05) is 48.0 Å². The van der Waals surface area contributed by atoms with Gasteiger partial charge in [0.1, 0.15) is 11.2 Å². The highest BCUT2D eigenvalue weighted by atomic mass is 32.1. The van der Waals surface area contributed by atoms with Crippen molar-refractivity contribution in [3.63, 3.8) is 0 Å². The molecule has 2 aromatic heterocycles. The molecule has 0 amide bonds. The molecule has 0 saturated heterocycles. The third-order valence-corrected chi connectivity index (χ3v) is 11.0. The summed E-state index contributed by atoms with van der Waals surface area (Å²) in [5.41, 5.74) is 12.2. The Hall–Kier alpha value is -6.42. The summed E-state index contributed by atoms with van der Waals surface area (Å²) < 4.78 is 8.85. The van der Waals surface area contributed by atoms with E-state index in [1.165, 1.54) is 42.4 Å². The molecular weight excluding hydrogens is 639 g/mol. The zero-order chi connectivity index (χ0) is 33.7. The van der Waals surface area contributed by atoms with Crippen LogP contribution in [0.4, 0.5) is 17.1 Å². The Morgan fingerprint density at radius 2 is 0.765 bits per heavy atom. The first-order chi connectivity index (χ1) is 25.2. The molecule has 0 radical (unpaired) electrons. The summed E-state index contributed by atoms with van der Waals surface area (Å²) in [6.07, 6.45) is 0. The molecule has 0 bridgehead atoms. The van der Waals surface area contributed by atoms with Gasteiger partial charge in [-0.2, -0.15) is 0 Å². The molecule has 0 atom stereocenters. The number of benzene rings is 8. The third kappa shape index (κ3) is 5.27. The Morgan fingerprint density at radius 3 is 1.43 bits per heavy atom. The molecule has 2 heterocycles. The van der Waals surface area contributed by atoms with Gasteiger partial charge in [0.05, 0.1) is 0 Å². The molecular formula is C48H31NOS. The molecule has 3 heteroatoms. The average molecular weight is 670 g/mol. The minimum atomic E-state index is 0.907. The third-order valence-electron chi connectivity index (χ3n) is 9.91. The zero-order valence-electron chi connectivity index (χ0n) is 27.7. The summed E-state index contributed by atoms with van der Waals surface area (Å²) in [6, 6.07) is 67.5. The molecule has 8 aromatic carbocycles. The highest BCUT2D eigenvalue weighted by Crippen LogP contribution is 2.40. The predicted octanol–water partition coefficient (Wildman–Crippen LogP) is 14.4. The van der Waals surface area contributed by atoms with Gasteiger partial charge in [-0.3, -0.25) is 0 Å². The molecule has 10 aromatic rings. The number of furan rings is 1. The van der Waals surface area contributed by atoms with Crippen LogP contribution in [0.1, 0.15) is 0 Å². The second-order valence-corrected chi connectivity index (χ2v) is 14.0. The molecule has 0 aliphatic carbocycles. The summed E-state index contributed by atoms with van der Waals surface area (Å²) in [4.78, 5) is 2.33. The van der Waals surface area contributed by atoms with Crippen LogP contribution < -0.4 is 4.90 Å². The number of nitrogens with zero attached hydrogens (tertiary/aromatic N) is 1. The molecule has 0 aliphatic rings. The zero-order valence-corrected chi connectivity index (χ0v) is 28.5. The van der Waals surface area contributed by atoms with Crippen molar-refractivity contribution in [3.8, 4) is 33.4 Å². The summed E-state index contributed by atoms with van der Waals surface area (Å²) in [5.74, 6) is 0. The first-order valence-electron chi connectivity index (χ1n) is 17.2. The second-order valence-electron chi connectivity index (χ2n) is 13.0. The Labute approximate surface area is 300 Å². The Bertz CT molecular complexity index is 2670. The maximum absolute atomic E-state index is 6.20. The number of thiophene rings is 1. The molecule has 10 rings (SSSR count). The highest BCUT2D eigenvalue weighted by Gasteiger charge is 2.15. The first kappa shape index (κ1) is 29.5. The number of para-hydroxylation sites is 1. The van der Waals surface area contributed by atoms with Gasteiger partial charge in [-0.25, -0.2) is 0 Å². The number of anilines is 3. The van der Waals surface area contributed by atoms with E-state index in [1.807, 2.05) is 23.5 Å². The van der Waals surface area contributed by atoms with E-state index in [0.717, 1.165) is 50.1 Å². The largest absolute Gasteiger partial charge is 0.456 e. The molecule has 0 spiro atoms. The van der Waals surface area contributed by atoms with Crippen molar-refractivity contribution < 1.29 is 4.42 Å². The van der Waals surface area contributed by atoms with Crippen molar-refractivity contribution in [2.75, 3.05) is 4.90 Å². The maximum Gasteiger partial charge on any atom is 0.136 e. The number of hydrogen-bond donors (Lipinski definition) is 0. The van der Waals surface area contributed by atoms with Crippen molar-refractivity contribution in [3.05, 3.63) is 188 Å². The van der Waals surface area contributed by atoms with Gasteiger partial charge in [0.25, 0.3) is 0 Å². The molecule has 2 nitrogen and oxygen atoms in total. The Morgan fingerprint density at radius 1 is 0.314 bits per heavy atom. The van der Waals surface area contributed by atoms with E-state index in [9.17, 15) is 0 Å². The van der Waals surface area contributed by atoms with Gasteiger partial charge in [-0.15, -0.1) is 11.3 Å². The summed E-state index contributed by atoms with van der Waals surface area (Å²) in [7, 11) is 0. The maximum atomic E-state index is 6.20. The van der Waals surface area contributed by atoms with Crippen LogP contribution in [0.5, 0.6) is 0 Å². The monoisotopic (exact) mass is 669 g/mol. The second kappa shape index (κ2) is 12.2. The fraction of sp³-hybridized carbons (Fsp3) is 0. The SMILES string of the molecule is c1ccc(-c2ccc(N(c3ccc(-c4ccc5c(c4)oc4ccccc45)cc3)c3ccc(-c4ccc5c(c4)sc4ccccc45)cc3)cc2)cc1. The van der Waals surface area contributed by atoms with Crippen LogP contribution in [0, 0.1) is 0 Å². The smallest absolute Gasteiger partial charge is 0.136 e. The van der Waals surface area contributed by atoms with Gasteiger partial charge in [0.2, 0.25) is 0 Å². The van der Waals surface area contributed by atoms with Crippen LogP contribution in [-0.2, 0) is 0 Å². The van der Waals surface area contributed by atoms with E-state index >= 15 is 0 Å². The van der Waals surface area contributed by atoms with Crippen molar-refractivity contribution in [1.29, 1.82) is 0 Å². The molecule has 0 fully saturated rings. The lowest BCUT2D eigenvalue weighted by Gasteiger charge is -2.26. The Kier molecular flexibility index (Phi) is 7.04. The lowest BCUT2D eigenvalue weighted by molar-refractivity contribution is 0.669. The normalized spacial score (nSPS) is 11.5. The fourth-order valence-electron chi connectivity index (χ4n) is 7.30. The molecule has 0 unspecified atom stereocenters. The molecule has 0 saturated carbocycles. The van der Waals surface area contributed by atoms with E-state index in [0.29, 0.717) is 0 Å². The van der Waals surface area contributed by atoms with Crippen LogP contribution >= 0.6 is 11.3 Å². The van der Waals surface area contributed by atoms with E-state index in [-0.39, 0.29) is 0 Å². The van der Waals surface area contributed by atoms with Crippen LogP contribution in [0.3, 0.4) is 0 Å². The van der Waals surface area contributed by atoms with Crippen molar-refractivity contribution in [2.45, 2.75) is 0 Å². The standard InChI is InChI=1S/C48H31NOS/c1-2-8-32(9-3-1)33-14-22-38(23-15-33)49(39-24-16-34(17-25-39)36-20-28-42-41-10-4-6-12-45(41)50-46(42)30-36)40-26-18-35(19-27-40)37-21-29-44-43-11-5-7-13-47(43)51-48(44)31-37/h1-31H. The van der Waals surface area contributed by atoms with Gasteiger partial charge >= 0.3 is 0 Å². The molecule has 51 heavy (non-hydrogen) atoms. The summed E-state index contributed by atoms with van der Waals surface area (Å²) in [5, 5.41) is 4.94. The highest BCUT2D eigenvalue weighted by molar-refractivity contribution is 7.25. The van der Waals surface area contributed by atoms with E-state index in [4.69, 9.17) is 4.42 Å². The number of rotatable bonds is 6. The van der Waals surface area contributed by atoms with Crippen LogP contribution in [0.2, 0.25) is 0 Å². The van der Waals surface area contributed by atoms with E-state index in [1.54, 1.807) is 0 Å². The number of hydrogen-bond acceptors (Lipinski definition) is 3. The van der Waals surface area contributed by atoms with Crippen LogP contribution in [0.15, 0.2) is 192 Å². The summed E-state index contributed by atoms with van der Waals surface area (Å²) >= 11 is 1.86. The lowest BCUT2D eigenvalue weighted by atomic mass is 10.0. The lowest BCUT2D eigenvalue weighted by Crippen LogP contribution is -2.09. The van der Waals surface area contributed by atoms with Gasteiger partial charge in [-0.1, -0.05) is 121 Å². The minimum absolute atomic E-state index is 0.907. The van der Waals surface area contributed by atoms with Crippen LogP contribution in [0.25, 0.3) is 75.5 Å². The minimum Gasteiger partial charge on any atom is -0.456 e. The van der Waals surface area contributed by atoms with E-state index < -0.39 is 0 Å². The van der Waals surface area contributed by atoms with Gasteiger partial charge in [-0.05, 0) is 100 Å². The topological polar surface area (TPSA) is 16.4 Å². The fourth-order valence-corrected chi connectivity index (χ4v) is 8.44. The van der Waals surface area contributed by atoms with E-state index in [2.05, 4.69) is 181 Å². The summed E-state index contributed by atoms with van der Waals surface area (Å²) in [6.45, 7) is 0. The molecule has 240 valence electrons. The van der Waals surface area contributed by atoms with Gasteiger partial charge in [0.15, 0.2) is 0 Å². The van der Waals surface area contributed by atoms with Crippen molar-refractivity contribution in [2.24, 2.45) is 0 Å². The Balaban J connectivity index is 1.01. The van der Waals surface area contributed by atoms with Gasteiger partial charge < -0.3 is 9.32 Å². The van der Waals surface area contributed by atoms with Crippen molar-refractivity contribution in [1.82, 2.24) is 0 Å². The predicted molar refractivity (Wildman–Crippen MR) is 218 cm³/mol. The number of fused-ring (bicyclic) bond motifs is 6.